The molecule has 2 aliphatic rings. The Bertz CT molecular complexity index is 1390. The molecule has 1 fully saturated rings. The Morgan fingerprint density at radius 1 is 0.970 bits per heavy atom. The molecule has 0 radical (unpaired) electrons. The number of fused-ring (bicyclic) bond motifs is 1. The molecule has 8 nitrogen and oxygen atoms in total. The number of hydrogen-bond acceptors (Lipinski definition) is 6. The Morgan fingerprint density at radius 2 is 1.67 bits per heavy atom. The van der Waals surface area contributed by atoms with Gasteiger partial charge in [0.2, 0.25) is 5.91 Å². The summed E-state index contributed by atoms with van der Waals surface area (Å²) in [5.74, 6) is -0.914. The lowest BCUT2D eigenvalue weighted by Gasteiger charge is -2.17. The molecule has 33 heavy (non-hydrogen) atoms. The number of amidine groups is 1. The highest BCUT2D eigenvalue weighted by molar-refractivity contribution is 7.90. The van der Waals surface area contributed by atoms with Crippen molar-refractivity contribution in [2.45, 2.75) is 11.3 Å². The quantitative estimate of drug-likeness (QED) is 0.473. The number of amides is 1. The van der Waals surface area contributed by atoms with E-state index >= 15 is 0 Å². The highest BCUT2D eigenvalue weighted by Gasteiger charge is 2.37. The molecule has 0 aromatic heterocycles. The minimum Gasteiger partial charge on any atom is -0.424 e. The van der Waals surface area contributed by atoms with Gasteiger partial charge in [-0.05, 0) is 36.4 Å². The fourth-order valence-electron chi connectivity index (χ4n) is 3.90. The van der Waals surface area contributed by atoms with Crippen LogP contribution in [-0.2, 0) is 19.6 Å². The summed E-state index contributed by atoms with van der Waals surface area (Å²) in [7, 11) is -3.79. The summed E-state index contributed by atoms with van der Waals surface area (Å²) in [6.45, 7) is 0.232. The number of anilines is 2. The smallest absolute Gasteiger partial charge is 0.316 e. The molecule has 0 aliphatic carbocycles. The van der Waals surface area contributed by atoms with Crippen molar-refractivity contribution in [3.8, 4) is 5.75 Å². The third-order valence-corrected chi connectivity index (χ3v) is 6.84. The molecule has 2 aliphatic heterocycles. The first-order valence-electron chi connectivity index (χ1n) is 10.3. The van der Waals surface area contributed by atoms with Crippen molar-refractivity contribution in [2.24, 2.45) is 10.3 Å². The van der Waals surface area contributed by atoms with E-state index in [9.17, 15) is 18.0 Å². The molecule has 1 N–H and O–H groups in total. The van der Waals surface area contributed by atoms with Gasteiger partial charge >= 0.3 is 5.97 Å². The van der Waals surface area contributed by atoms with Crippen molar-refractivity contribution in [2.75, 3.05) is 16.8 Å². The van der Waals surface area contributed by atoms with Gasteiger partial charge in [0.1, 0.15) is 4.90 Å². The SMILES string of the molecule is O=C(Oc1ccccc1NC1=NS(=O)(=O)c2ccccc21)[C@@H]1CC(=O)N(c2ccccc2)C1. The van der Waals surface area contributed by atoms with Crippen LogP contribution in [0.5, 0.6) is 5.75 Å². The zero-order valence-electron chi connectivity index (χ0n) is 17.3. The van der Waals surface area contributed by atoms with Crippen LogP contribution in [0.3, 0.4) is 0 Å². The lowest BCUT2D eigenvalue weighted by atomic mass is 10.1. The maximum atomic E-state index is 12.9. The van der Waals surface area contributed by atoms with Crippen LogP contribution >= 0.6 is 0 Å². The molecule has 166 valence electrons. The van der Waals surface area contributed by atoms with Gasteiger partial charge in [-0.1, -0.05) is 42.5 Å². The van der Waals surface area contributed by atoms with E-state index < -0.39 is 21.9 Å². The van der Waals surface area contributed by atoms with Crippen LogP contribution in [0.15, 0.2) is 88.2 Å². The fourth-order valence-corrected chi connectivity index (χ4v) is 5.07. The standard InChI is InChI=1S/C24H19N3O5S/c28-22-14-16(15-27(22)17-8-2-1-3-9-17)24(29)32-20-12-6-5-11-19(20)25-23-18-10-4-7-13-21(18)33(30,31)26-23/h1-13,16H,14-15H2,(H,25,26)/t16-/m1/s1. The molecule has 3 aromatic rings. The van der Waals surface area contributed by atoms with Crippen LogP contribution in [0.4, 0.5) is 11.4 Å². The van der Waals surface area contributed by atoms with E-state index in [4.69, 9.17) is 4.74 Å². The molecule has 3 aromatic carbocycles. The second-order valence-electron chi connectivity index (χ2n) is 7.69. The summed E-state index contributed by atoms with van der Waals surface area (Å²) in [5.41, 5.74) is 1.57. The predicted octanol–water partition coefficient (Wildman–Crippen LogP) is 3.21. The van der Waals surface area contributed by atoms with Gasteiger partial charge in [-0.3, -0.25) is 9.59 Å². The number of rotatable bonds is 4. The van der Waals surface area contributed by atoms with Crippen molar-refractivity contribution in [1.82, 2.24) is 0 Å². The van der Waals surface area contributed by atoms with Gasteiger partial charge in [0.05, 0.1) is 11.6 Å². The number of carbonyl (C=O) groups excluding carboxylic acids is 2. The van der Waals surface area contributed by atoms with Gasteiger partial charge in [-0.15, -0.1) is 4.40 Å². The topological polar surface area (TPSA) is 105 Å². The fraction of sp³-hybridized carbons (Fsp3) is 0.125. The lowest BCUT2D eigenvalue weighted by Crippen LogP contribution is -2.27. The summed E-state index contributed by atoms with van der Waals surface area (Å²) < 4.78 is 34.1. The summed E-state index contributed by atoms with van der Waals surface area (Å²) >= 11 is 0. The Balaban J connectivity index is 1.34. The molecule has 1 atom stereocenters. The van der Waals surface area contributed by atoms with Gasteiger partial charge in [0, 0.05) is 24.2 Å². The van der Waals surface area contributed by atoms with E-state index in [2.05, 4.69) is 9.71 Å². The van der Waals surface area contributed by atoms with Gasteiger partial charge < -0.3 is 15.0 Å². The van der Waals surface area contributed by atoms with Crippen LogP contribution < -0.4 is 15.0 Å². The number of benzene rings is 3. The maximum Gasteiger partial charge on any atom is 0.316 e. The van der Waals surface area contributed by atoms with Crippen LogP contribution in [0, 0.1) is 5.92 Å². The van der Waals surface area contributed by atoms with Gasteiger partial charge in [-0.25, -0.2) is 0 Å². The average molecular weight is 461 g/mol. The molecule has 0 spiro atoms. The molecular weight excluding hydrogens is 442 g/mol. The van der Waals surface area contributed by atoms with Crippen LogP contribution in [0.1, 0.15) is 12.0 Å². The Morgan fingerprint density at radius 3 is 2.48 bits per heavy atom. The van der Waals surface area contributed by atoms with Crippen LogP contribution in [0.25, 0.3) is 0 Å². The lowest BCUT2D eigenvalue weighted by molar-refractivity contribution is -0.139. The van der Waals surface area contributed by atoms with E-state index in [1.54, 1.807) is 47.4 Å². The van der Waals surface area contributed by atoms with Crippen molar-refractivity contribution >= 4 is 39.1 Å². The third-order valence-electron chi connectivity index (χ3n) is 5.51. The first-order valence-corrected chi connectivity index (χ1v) is 11.7. The van der Waals surface area contributed by atoms with Crippen LogP contribution in [-0.4, -0.2) is 32.7 Å². The minimum atomic E-state index is -3.79. The Hall–Kier alpha value is -3.98. The number of nitrogens with one attached hydrogen (secondary N) is 1. The second kappa shape index (κ2) is 8.18. The molecule has 9 heteroatoms. The van der Waals surface area contributed by atoms with E-state index in [0.717, 1.165) is 5.69 Å². The number of hydrogen-bond donors (Lipinski definition) is 1. The number of sulfonamides is 1. The number of carbonyl (C=O) groups is 2. The van der Waals surface area contributed by atoms with Crippen molar-refractivity contribution < 1.29 is 22.7 Å². The van der Waals surface area contributed by atoms with Gasteiger partial charge in [0.15, 0.2) is 11.6 Å². The predicted molar refractivity (Wildman–Crippen MR) is 123 cm³/mol. The third kappa shape index (κ3) is 3.98. The van der Waals surface area contributed by atoms with E-state index in [1.807, 2.05) is 30.3 Å². The van der Waals surface area contributed by atoms with Crippen molar-refractivity contribution in [3.63, 3.8) is 0 Å². The highest BCUT2D eigenvalue weighted by Crippen LogP contribution is 2.32. The maximum absolute atomic E-state index is 12.9. The van der Waals surface area contributed by atoms with Crippen LogP contribution in [0.2, 0.25) is 0 Å². The van der Waals surface area contributed by atoms with E-state index in [-0.39, 0.29) is 35.4 Å². The first kappa shape index (κ1) is 20.9. The van der Waals surface area contributed by atoms with Gasteiger partial charge in [0.25, 0.3) is 10.0 Å². The molecule has 0 unspecified atom stereocenters. The largest absolute Gasteiger partial charge is 0.424 e. The molecular formula is C24H19N3O5S. The zero-order chi connectivity index (χ0) is 23.0. The van der Waals surface area contributed by atoms with E-state index in [0.29, 0.717) is 11.3 Å². The normalized spacial score (nSPS) is 18.5. The highest BCUT2D eigenvalue weighted by atomic mass is 32.2. The second-order valence-corrected chi connectivity index (χ2v) is 9.27. The van der Waals surface area contributed by atoms with Gasteiger partial charge in [-0.2, -0.15) is 8.42 Å². The minimum absolute atomic E-state index is 0.0572. The molecule has 2 heterocycles. The molecule has 1 saturated heterocycles. The molecule has 0 bridgehead atoms. The van der Waals surface area contributed by atoms with Crippen molar-refractivity contribution in [1.29, 1.82) is 0 Å². The number of ether oxygens (including phenoxy) is 1. The zero-order valence-corrected chi connectivity index (χ0v) is 18.2. The number of para-hydroxylation sites is 3. The summed E-state index contributed by atoms with van der Waals surface area (Å²) in [5, 5.41) is 2.98. The van der Waals surface area contributed by atoms with E-state index in [1.165, 1.54) is 6.07 Å². The van der Waals surface area contributed by atoms with Crippen molar-refractivity contribution in [3.05, 3.63) is 84.4 Å². The first-order chi connectivity index (χ1) is 15.9. The molecule has 5 rings (SSSR count). The molecule has 0 saturated carbocycles. The number of nitrogens with zero attached hydrogens (tertiary/aromatic N) is 2. The Kier molecular flexibility index (Phi) is 5.18. The molecule has 1 amide bonds. The summed E-state index contributed by atoms with van der Waals surface area (Å²) in [6.07, 6.45) is 0.0572. The average Bonchev–Trinajstić information content (AvgIpc) is 3.33. The summed E-state index contributed by atoms with van der Waals surface area (Å²) in [6, 6.07) is 22.3. The monoisotopic (exact) mass is 461 g/mol. The summed E-state index contributed by atoms with van der Waals surface area (Å²) in [4.78, 5) is 27.0. The number of esters is 1. The Labute approximate surface area is 190 Å².